The molecule has 5 rings (SSSR count). The summed E-state index contributed by atoms with van der Waals surface area (Å²) in [5, 5.41) is 6.54. The second-order valence-corrected chi connectivity index (χ2v) is 17.9. The number of nitrogens with one attached hydrogen (secondary N) is 2. The zero-order chi connectivity index (χ0) is 35.9. The molecular weight excluding hydrogens is 580 g/mol. The molecule has 278 valence electrons. The first-order valence-corrected chi connectivity index (χ1v) is 19.0. The number of ether oxygens (including phenoxy) is 2. The summed E-state index contributed by atoms with van der Waals surface area (Å²) in [5.74, 6) is 2.52. The Labute approximate surface area is 294 Å². The fraction of sp³-hybridized carbons (Fsp3) is 0.878. The minimum Gasteiger partial charge on any atom is -0.381 e. The highest BCUT2D eigenvalue weighted by Gasteiger charge is 2.28. The fourth-order valence-electron chi connectivity index (χ4n) is 5.48. The van der Waals surface area contributed by atoms with E-state index in [1.165, 1.54) is 70.4 Å². The van der Waals surface area contributed by atoms with E-state index in [2.05, 4.69) is 117 Å². The van der Waals surface area contributed by atoms with Crippen molar-refractivity contribution in [3.63, 3.8) is 0 Å². The zero-order valence-corrected chi connectivity index (χ0v) is 34.0. The summed E-state index contributed by atoms with van der Waals surface area (Å²) in [4.78, 5) is 6.68. The van der Waals surface area contributed by atoms with Crippen molar-refractivity contribution in [2.75, 3.05) is 72.2 Å². The molecule has 0 saturated carbocycles. The number of rotatable bonds is 1. The second-order valence-electron chi connectivity index (χ2n) is 17.9. The van der Waals surface area contributed by atoms with Gasteiger partial charge in [-0.3, -0.25) is 4.98 Å². The standard InChI is InChI=1S/C10H21N.C8H17N.C8H16O.C7H9N.C4H9NO.C4H10/c1-10(2,3)9-11-7-5-4-6-8-11;2*1-8(2,3)7-4-5-9-6-7;1-6-4-3-5-8-7(6)2;1-3-6-4-2-5-1;1-4(2)3/h4-9H2,1-3H3;7,9H,4-6H2,1-3H3;7H,4-6H2,1-3H3;3-5H,1-2H3;5H,1-4H2;4H,1-3H3. The van der Waals surface area contributed by atoms with Crippen molar-refractivity contribution >= 4 is 0 Å². The van der Waals surface area contributed by atoms with Crippen LogP contribution in [0.15, 0.2) is 18.3 Å². The number of likely N-dealkylation sites (tertiary alicyclic amines) is 1. The number of aryl methyl sites for hydroxylation is 2. The van der Waals surface area contributed by atoms with Crippen molar-refractivity contribution in [3.05, 3.63) is 29.6 Å². The van der Waals surface area contributed by atoms with Crippen LogP contribution in [0.3, 0.4) is 0 Å². The van der Waals surface area contributed by atoms with Crippen molar-refractivity contribution in [1.29, 1.82) is 0 Å². The van der Waals surface area contributed by atoms with Gasteiger partial charge >= 0.3 is 0 Å². The predicted molar refractivity (Wildman–Crippen MR) is 206 cm³/mol. The van der Waals surface area contributed by atoms with Gasteiger partial charge in [0.1, 0.15) is 0 Å². The van der Waals surface area contributed by atoms with E-state index in [1.807, 2.05) is 19.2 Å². The van der Waals surface area contributed by atoms with Crippen molar-refractivity contribution in [2.45, 2.75) is 129 Å². The van der Waals surface area contributed by atoms with Gasteiger partial charge in [-0.1, -0.05) is 95.6 Å². The SMILES string of the molecule is C1COCCN1.CC(C)(C)C1CCNC1.CC(C)(C)C1CCOC1.CC(C)(C)CN1CCCCC1.CC(C)C.Cc1cccnc1C. The molecule has 2 N–H and O–H groups in total. The van der Waals surface area contributed by atoms with Crippen molar-refractivity contribution in [3.8, 4) is 0 Å². The summed E-state index contributed by atoms with van der Waals surface area (Å²) in [6.07, 6.45) is 8.70. The molecule has 6 heteroatoms. The van der Waals surface area contributed by atoms with Crippen LogP contribution in [-0.2, 0) is 9.47 Å². The molecule has 4 aliphatic heterocycles. The lowest BCUT2D eigenvalue weighted by Gasteiger charge is -2.32. The summed E-state index contributed by atoms with van der Waals surface area (Å²) >= 11 is 0. The number of piperidine rings is 1. The Morgan fingerprint density at radius 1 is 0.766 bits per heavy atom. The average molecular weight is 663 g/mol. The predicted octanol–water partition coefficient (Wildman–Crippen LogP) is 9.20. The summed E-state index contributed by atoms with van der Waals surface area (Å²) in [7, 11) is 0. The Morgan fingerprint density at radius 2 is 1.34 bits per heavy atom. The van der Waals surface area contributed by atoms with E-state index in [1.54, 1.807) is 0 Å². The van der Waals surface area contributed by atoms with E-state index >= 15 is 0 Å². The van der Waals surface area contributed by atoms with Crippen LogP contribution in [0.25, 0.3) is 0 Å². The quantitative estimate of drug-likeness (QED) is 0.313. The van der Waals surface area contributed by atoms with Crippen molar-refractivity contribution in [2.24, 2.45) is 34.0 Å². The normalized spacial score (nSPS) is 21.7. The van der Waals surface area contributed by atoms with Gasteiger partial charge in [-0.25, -0.2) is 0 Å². The summed E-state index contributed by atoms with van der Waals surface area (Å²) < 4.78 is 10.3. The molecule has 2 unspecified atom stereocenters. The van der Waals surface area contributed by atoms with Gasteiger partial charge in [-0.2, -0.15) is 0 Å². The highest BCUT2D eigenvalue weighted by molar-refractivity contribution is 5.15. The van der Waals surface area contributed by atoms with Gasteiger partial charge in [0, 0.05) is 44.7 Å². The molecule has 4 aliphatic rings. The molecular formula is C41H82N4O2. The van der Waals surface area contributed by atoms with Gasteiger partial charge in [0.2, 0.25) is 0 Å². The fourth-order valence-corrected chi connectivity index (χ4v) is 5.48. The van der Waals surface area contributed by atoms with Gasteiger partial charge in [-0.15, -0.1) is 0 Å². The lowest BCUT2D eigenvalue weighted by molar-refractivity contribution is 0.109. The van der Waals surface area contributed by atoms with Crippen LogP contribution < -0.4 is 10.6 Å². The van der Waals surface area contributed by atoms with Crippen LogP contribution >= 0.6 is 0 Å². The maximum Gasteiger partial charge on any atom is 0.0591 e. The summed E-state index contributed by atoms with van der Waals surface area (Å²) in [6.45, 7) is 43.5. The Kier molecular flexibility index (Phi) is 24.4. The molecule has 5 heterocycles. The molecule has 1 aromatic rings. The molecule has 4 saturated heterocycles. The molecule has 4 fully saturated rings. The lowest BCUT2D eigenvalue weighted by atomic mass is 9.80. The van der Waals surface area contributed by atoms with Crippen molar-refractivity contribution < 1.29 is 9.47 Å². The molecule has 47 heavy (non-hydrogen) atoms. The smallest absolute Gasteiger partial charge is 0.0591 e. The molecule has 0 spiro atoms. The molecule has 1 aromatic heterocycles. The maximum atomic E-state index is 5.28. The maximum absolute atomic E-state index is 5.28. The van der Waals surface area contributed by atoms with Gasteiger partial charge in [0.25, 0.3) is 0 Å². The van der Waals surface area contributed by atoms with Crippen LogP contribution in [-0.4, -0.2) is 82.1 Å². The van der Waals surface area contributed by atoms with Gasteiger partial charge in [0.15, 0.2) is 0 Å². The largest absolute Gasteiger partial charge is 0.381 e. The topological polar surface area (TPSA) is 58.6 Å². The summed E-state index contributed by atoms with van der Waals surface area (Å²) in [5.41, 5.74) is 3.83. The van der Waals surface area contributed by atoms with Crippen LogP contribution in [0.1, 0.15) is 126 Å². The third-order valence-corrected chi connectivity index (χ3v) is 8.70. The highest BCUT2D eigenvalue weighted by atomic mass is 16.5. The number of morpholine rings is 1. The Balaban J connectivity index is 0.000000552. The van der Waals surface area contributed by atoms with E-state index in [0.717, 1.165) is 63.0 Å². The molecule has 0 amide bonds. The average Bonchev–Trinajstić information content (AvgIpc) is 3.72. The molecule has 0 radical (unpaired) electrons. The summed E-state index contributed by atoms with van der Waals surface area (Å²) in [6, 6.07) is 4.00. The minimum atomic E-state index is 0.455. The van der Waals surface area contributed by atoms with Crippen LogP contribution in [0.4, 0.5) is 0 Å². The minimum absolute atomic E-state index is 0.455. The van der Waals surface area contributed by atoms with E-state index < -0.39 is 0 Å². The Morgan fingerprint density at radius 3 is 1.62 bits per heavy atom. The van der Waals surface area contributed by atoms with Gasteiger partial charge in [-0.05, 0) is 111 Å². The van der Waals surface area contributed by atoms with Crippen LogP contribution in [0.5, 0.6) is 0 Å². The Bertz CT molecular complexity index is 786. The van der Waals surface area contributed by atoms with E-state index in [0.29, 0.717) is 16.2 Å². The zero-order valence-electron chi connectivity index (χ0n) is 34.0. The van der Waals surface area contributed by atoms with Gasteiger partial charge < -0.3 is 25.0 Å². The molecule has 6 nitrogen and oxygen atoms in total. The first kappa shape index (κ1) is 46.0. The number of pyridine rings is 1. The van der Waals surface area contributed by atoms with Crippen LogP contribution in [0.2, 0.25) is 0 Å². The van der Waals surface area contributed by atoms with E-state index in [4.69, 9.17) is 9.47 Å². The monoisotopic (exact) mass is 663 g/mol. The van der Waals surface area contributed by atoms with E-state index in [9.17, 15) is 0 Å². The van der Waals surface area contributed by atoms with Gasteiger partial charge in [0.05, 0.1) is 13.2 Å². The number of nitrogens with zero attached hydrogens (tertiary/aromatic N) is 2. The van der Waals surface area contributed by atoms with Crippen molar-refractivity contribution in [1.82, 2.24) is 20.5 Å². The lowest BCUT2D eigenvalue weighted by Crippen LogP contribution is -2.36. The number of aromatic nitrogens is 1. The molecule has 0 aliphatic carbocycles. The van der Waals surface area contributed by atoms with E-state index in [-0.39, 0.29) is 0 Å². The molecule has 0 bridgehead atoms. The first-order valence-electron chi connectivity index (χ1n) is 19.0. The first-order chi connectivity index (χ1) is 21.8. The third kappa shape index (κ3) is 27.5. The third-order valence-electron chi connectivity index (χ3n) is 8.70. The Hall–Kier alpha value is -1.05. The number of hydrogen-bond acceptors (Lipinski definition) is 6. The second kappa shape index (κ2) is 25.0. The molecule has 2 atom stereocenters. The molecule has 0 aromatic carbocycles. The van der Waals surface area contributed by atoms with Crippen LogP contribution in [0, 0.1) is 47.8 Å². The number of hydrogen-bond donors (Lipinski definition) is 2. The highest BCUT2D eigenvalue weighted by Crippen LogP contribution is 2.32.